The maximum Gasteiger partial charge on any atom is 0.221 e. The minimum absolute atomic E-state index is 0.0465. The van der Waals surface area contributed by atoms with Gasteiger partial charge < -0.3 is 14.8 Å². The molecule has 0 aromatic heterocycles. The predicted molar refractivity (Wildman–Crippen MR) is 92.8 cm³/mol. The highest BCUT2D eigenvalue weighted by Crippen LogP contribution is 2.29. The molecule has 5 nitrogen and oxygen atoms in total. The van der Waals surface area contributed by atoms with Crippen LogP contribution in [0.1, 0.15) is 37.8 Å². The number of carbonyl (C=O) groups is 1. The molecule has 2 fully saturated rings. The van der Waals surface area contributed by atoms with Crippen molar-refractivity contribution >= 4 is 5.91 Å². The molecular weight excluding hydrogens is 304 g/mol. The standard InChI is InChI=1S/C19H28N2O3/c1-16(17-5-3-2-4-6-17)20-18(22)7-10-21-11-14-24-19(15-21)8-12-23-13-9-19/h2-6,16H,7-15H2,1H3,(H,20,22)/t16-/m1/s1. The van der Waals surface area contributed by atoms with Crippen LogP contribution in [-0.2, 0) is 14.3 Å². The fraction of sp³-hybridized carbons (Fsp3) is 0.632. The summed E-state index contributed by atoms with van der Waals surface area (Å²) in [6, 6.07) is 10.1. The molecule has 0 unspecified atom stereocenters. The summed E-state index contributed by atoms with van der Waals surface area (Å²) in [5.74, 6) is 0.110. The van der Waals surface area contributed by atoms with Crippen molar-refractivity contribution in [1.29, 1.82) is 0 Å². The maximum absolute atomic E-state index is 12.2. The van der Waals surface area contributed by atoms with E-state index in [0.717, 1.165) is 57.9 Å². The number of nitrogens with one attached hydrogen (secondary N) is 1. The van der Waals surface area contributed by atoms with Crippen molar-refractivity contribution < 1.29 is 14.3 Å². The van der Waals surface area contributed by atoms with Gasteiger partial charge in [-0.1, -0.05) is 30.3 Å². The lowest BCUT2D eigenvalue weighted by Gasteiger charge is -2.44. The van der Waals surface area contributed by atoms with Crippen LogP contribution in [0.4, 0.5) is 0 Å². The Hall–Kier alpha value is -1.43. The molecule has 24 heavy (non-hydrogen) atoms. The van der Waals surface area contributed by atoms with E-state index in [-0.39, 0.29) is 17.6 Å². The van der Waals surface area contributed by atoms with Gasteiger partial charge in [0.15, 0.2) is 0 Å². The van der Waals surface area contributed by atoms with Crippen LogP contribution < -0.4 is 5.32 Å². The SMILES string of the molecule is C[C@@H](NC(=O)CCN1CCOC2(CCOCC2)C1)c1ccccc1. The first kappa shape index (κ1) is 17.4. The summed E-state index contributed by atoms with van der Waals surface area (Å²) in [6.45, 7) is 6.95. The molecule has 3 rings (SSSR count). The van der Waals surface area contributed by atoms with E-state index in [9.17, 15) is 4.79 Å². The summed E-state index contributed by atoms with van der Waals surface area (Å²) >= 11 is 0. The fourth-order valence-electron chi connectivity index (χ4n) is 3.56. The smallest absolute Gasteiger partial charge is 0.221 e. The molecule has 132 valence electrons. The Labute approximate surface area is 144 Å². The molecule has 2 aliphatic heterocycles. The Bertz CT molecular complexity index is 523. The van der Waals surface area contributed by atoms with Crippen molar-refractivity contribution in [2.24, 2.45) is 0 Å². The Balaban J connectivity index is 1.44. The quantitative estimate of drug-likeness (QED) is 0.897. The van der Waals surface area contributed by atoms with Crippen molar-refractivity contribution in [3.05, 3.63) is 35.9 Å². The second-order valence-electron chi connectivity index (χ2n) is 6.87. The Morgan fingerprint density at radius 2 is 2.00 bits per heavy atom. The Morgan fingerprint density at radius 1 is 1.25 bits per heavy atom. The lowest BCUT2D eigenvalue weighted by Crippen LogP contribution is -2.54. The zero-order valence-corrected chi connectivity index (χ0v) is 14.5. The van der Waals surface area contributed by atoms with Crippen LogP contribution in [0.15, 0.2) is 30.3 Å². The predicted octanol–water partition coefficient (Wildman–Crippen LogP) is 2.14. The largest absolute Gasteiger partial charge is 0.381 e. The number of carbonyl (C=O) groups excluding carboxylic acids is 1. The van der Waals surface area contributed by atoms with Gasteiger partial charge in [0.25, 0.3) is 0 Å². The minimum atomic E-state index is -0.0513. The minimum Gasteiger partial charge on any atom is -0.381 e. The Morgan fingerprint density at radius 3 is 2.75 bits per heavy atom. The molecule has 2 heterocycles. The van der Waals surface area contributed by atoms with E-state index in [1.54, 1.807) is 0 Å². The number of hydrogen-bond acceptors (Lipinski definition) is 4. The molecule has 1 N–H and O–H groups in total. The molecule has 0 saturated carbocycles. The second kappa shape index (κ2) is 8.10. The highest BCUT2D eigenvalue weighted by Gasteiger charge is 2.38. The van der Waals surface area contributed by atoms with E-state index in [4.69, 9.17) is 9.47 Å². The molecule has 1 amide bonds. The zero-order valence-electron chi connectivity index (χ0n) is 14.5. The number of hydrogen-bond donors (Lipinski definition) is 1. The van der Waals surface area contributed by atoms with Crippen LogP contribution in [0.5, 0.6) is 0 Å². The number of benzene rings is 1. The number of rotatable bonds is 5. The van der Waals surface area contributed by atoms with Crippen molar-refractivity contribution in [3.8, 4) is 0 Å². The van der Waals surface area contributed by atoms with E-state index in [1.807, 2.05) is 37.3 Å². The highest BCUT2D eigenvalue weighted by atomic mass is 16.5. The average molecular weight is 332 g/mol. The summed E-state index contributed by atoms with van der Waals surface area (Å²) in [7, 11) is 0. The molecule has 1 aromatic rings. The first-order chi connectivity index (χ1) is 11.7. The third kappa shape index (κ3) is 4.56. The Kier molecular flexibility index (Phi) is 5.87. The monoisotopic (exact) mass is 332 g/mol. The van der Waals surface area contributed by atoms with Gasteiger partial charge in [-0.3, -0.25) is 9.69 Å². The molecule has 1 atom stereocenters. The number of morpholine rings is 1. The van der Waals surface area contributed by atoms with E-state index < -0.39 is 0 Å². The van der Waals surface area contributed by atoms with Crippen LogP contribution in [0.2, 0.25) is 0 Å². The lowest BCUT2D eigenvalue weighted by atomic mass is 9.92. The fourth-order valence-corrected chi connectivity index (χ4v) is 3.56. The molecule has 0 bridgehead atoms. The van der Waals surface area contributed by atoms with Gasteiger partial charge in [-0.15, -0.1) is 0 Å². The molecule has 0 aliphatic carbocycles. The van der Waals surface area contributed by atoms with Crippen molar-refractivity contribution in [2.75, 3.05) is 39.5 Å². The van der Waals surface area contributed by atoms with E-state index in [0.29, 0.717) is 6.42 Å². The van der Waals surface area contributed by atoms with Gasteiger partial charge in [0.05, 0.1) is 18.2 Å². The summed E-state index contributed by atoms with van der Waals surface area (Å²) in [5.41, 5.74) is 1.09. The summed E-state index contributed by atoms with van der Waals surface area (Å²) < 4.78 is 11.5. The van der Waals surface area contributed by atoms with E-state index in [2.05, 4.69) is 10.2 Å². The van der Waals surface area contributed by atoms with Gasteiger partial charge in [0, 0.05) is 52.1 Å². The third-order valence-corrected chi connectivity index (χ3v) is 5.06. The summed E-state index contributed by atoms with van der Waals surface area (Å²) in [4.78, 5) is 14.6. The van der Waals surface area contributed by atoms with Crippen molar-refractivity contribution in [2.45, 2.75) is 37.8 Å². The van der Waals surface area contributed by atoms with Crippen LogP contribution in [0.25, 0.3) is 0 Å². The van der Waals surface area contributed by atoms with Crippen LogP contribution >= 0.6 is 0 Å². The molecule has 5 heteroatoms. The summed E-state index contributed by atoms with van der Waals surface area (Å²) in [5, 5.41) is 3.09. The molecule has 2 saturated heterocycles. The first-order valence-electron chi connectivity index (χ1n) is 8.95. The molecule has 2 aliphatic rings. The maximum atomic E-state index is 12.2. The highest BCUT2D eigenvalue weighted by molar-refractivity contribution is 5.76. The van der Waals surface area contributed by atoms with Crippen LogP contribution in [0, 0.1) is 0 Å². The van der Waals surface area contributed by atoms with E-state index >= 15 is 0 Å². The molecule has 1 aromatic carbocycles. The second-order valence-corrected chi connectivity index (χ2v) is 6.87. The third-order valence-electron chi connectivity index (χ3n) is 5.06. The van der Waals surface area contributed by atoms with Gasteiger partial charge in [0.2, 0.25) is 5.91 Å². The van der Waals surface area contributed by atoms with Gasteiger partial charge in [-0.05, 0) is 12.5 Å². The van der Waals surface area contributed by atoms with E-state index in [1.165, 1.54) is 0 Å². The van der Waals surface area contributed by atoms with Gasteiger partial charge in [-0.25, -0.2) is 0 Å². The van der Waals surface area contributed by atoms with Crippen LogP contribution in [-0.4, -0.2) is 55.9 Å². The van der Waals surface area contributed by atoms with Crippen molar-refractivity contribution in [3.63, 3.8) is 0 Å². The van der Waals surface area contributed by atoms with Gasteiger partial charge in [0.1, 0.15) is 0 Å². The van der Waals surface area contributed by atoms with Crippen molar-refractivity contribution in [1.82, 2.24) is 10.2 Å². The summed E-state index contributed by atoms with van der Waals surface area (Å²) in [6.07, 6.45) is 2.45. The zero-order chi connectivity index (χ0) is 16.8. The molecule has 0 radical (unpaired) electrons. The van der Waals surface area contributed by atoms with Gasteiger partial charge >= 0.3 is 0 Å². The lowest BCUT2D eigenvalue weighted by molar-refractivity contribution is -0.154. The topological polar surface area (TPSA) is 50.8 Å². The number of amides is 1. The average Bonchev–Trinajstić information content (AvgIpc) is 2.61. The number of nitrogens with zero attached hydrogens (tertiary/aromatic N) is 1. The molecular formula is C19H28N2O3. The normalized spacial score (nSPS) is 22.2. The van der Waals surface area contributed by atoms with Gasteiger partial charge in [-0.2, -0.15) is 0 Å². The van der Waals surface area contributed by atoms with Crippen LogP contribution in [0.3, 0.4) is 0 Å². The molecule has 1 spiro atoms. The first-order valence-corrected chi connectivity index (χ1v) is 8.95. The number of ether oxygens (including phenoxy) is 2.